The number of anilines is 2. The van der Waals surface area contributed by atoms with Crippen LogP contribution < -0.4 is 10.2 Å². The van der Waals surface area contributed by atoms with E-state index in [1.807, 2.05) is 36.4 Å². The van der Waals surface area contributed by atoms with E-state index in [1.54, 1.807) is 6.20 Å². The minimum atomic E-state index is 0.606. The van der Waals surface area contributed by atoms with Gasteiger partial charge in [-0.1, -0.05) is 43.3 Å². The highest BCUT2D eigenvalue weighted by molar-refractivity contribution is 5.64. The van der Waals surface area contributed by atoms with Gasteiger partial charge in [0.25, 0.3) is 0 Å². The summed E-state index contributed by atoms with van der Waals surface area (Å²) in [6.07, 6.45) is 4.30. The van der Waals surface area contributed by atoms with Crippen molar-refractivity contribution in [3.63, 3.8) is 0 Å². The molecule has 1 fully saturated rings. The molecule has 3 aromatic rings. The van der Waals surface area contributed by atoms with E-state index >= 15 is 0 Å². The molecule has 1 aromatic carbocycles. The quantitative estimate of drug-likeness (QED) is 0.732. The molecule has 0 saturated carbocycles. The SMILES string of the molecule is CC1CCCN(c2cc(-c3ccccc3)nc(NCc3ccccn3)n2)C1. The van der Waals surface area contributed by atoms with Crippen molar-refractivity contribution < 1.29 is 0 Å². The van der Waals surface area contributed by atoms with Crippen LogP contribution >= 0.6 is 0 Å². The third kappa shape index (κ3) is 4.42. The van der Waals surface area contributed by atoms with Crippen LogP contribution in [0.1, 0.15) is 25.5 Å². The van der Waals surface area contributed by atoms with Gasteiger partial charge in [0, 0.05) is 30.9 Å². The molecule has 0 spiro atoms. The molecular weight excluding hydrogens is 334 g/mol. The summed E-state index contributed by atoms with van der Waals surface area (Å²) in [6, 6.07) is 18.3. The Kier molecular flexibility index (Phi) is 5.28. The first-order valence-electron chi connectivity index (χ1n) is 9.61. The fourth-order valence-electron chi connectivity index (χ4n) is 3.50. The zero-order valence-corrected chi connectivity index (χ0v) is 15.7. The van der Waals surface area contributed by atoms with Gasteiger partial charge in [-0.2, -0.15) is 4.98 Å². The molecule has 0 bridgehead atoms. The van der Waals surface area contributed by atoms with E-state index in [0.717, 1.165) is 35.9 Å². The molecule has 1 atom stereocenters. The molecule has 0 aliphatic carbocycles. The summed E-state index contributed by atoms with van der Waals surface area (Å²) in [6.45, 7) is 5.01. The number of piperidine rings is 1. The third-order valence-electron chi connectivity index (χ3n) is 4.92. The summed E-state index contributed by atoms with van der Waals surface area (Å²) in [5.74, 6) is 2.34. The number of pyridine rings is 1. The van der Waals surface area contributed by atoms with Crippen LogP contribution in [0.2, 0.25) is 0 Å². The van der Waals surface area contributed by atoms with Crippen LogP contribution in [0.15, 0.2) is 60.8 Å². The molecule has 5 nitrogen and oxygen atoms in total. The fraction of sp³-hybridized carbons (Fsp3) is 0.318. The Labute approximate surface area is 160 Å². The molecular formula is C22H25N5. The van der Waals surface area contributed by atoms with Crippen molar-refractivity contribution in [2.75, 3.05) is 23.3 Å². The van der Waals surface area contributed by atoms with Gasteiger partial charge < -0.3 is 10.2 Å². The minimum Gasteiger partial charge on any atom is -0.356 e. The van der Waals surface area contributed by atoms with Crippen molar-refractivity contribution >= 4 is 11.8 Å². The van der Waals surface area contributed by atoms with Gasteiger partial charge in [-0.15, -0.1) is 0 Å². The van der Waals surface area contributed by atoms with Crippen LogP contribution in [0.4, 0.5) is 11.8 Å². The van der Waals surface area contributed by atoms with Crippen molar-refractivity contribution in [1.29, 1.82) is 0 Å². The van der Waals surface area contributed by atoms with Gasteiger partial charge in [0.2, 0.25) is 5.95 Å². The molecule has 27 heavy (non-hydrogen) atoms. The van der Waals surface area contributed by atoms with E-state index in [-0.39, 0.29) is 0 Å². The van der Waals surface area contributed by atoms with E-state index < -0.39 is 0 Å². The Morgan fingerprint density at radius 2 is 1.93 bits per heavy atom. The van der Waals surface area contributed by atoms with Gasteiger partial charge in [0.05, 0.1) is 17.9 Å². The van der Waals surface area contributed by atoms with E-state index in [9.17, 15) is 0 Å². The number of rotatable bonds is 5. The van der Waals surface area contributed by atoms with Gasteiger partial charge in [-0.3, -0.25) is 4.98 Å². The summed E-state index contributed by atoms with van der Waals surface area (Å²) in [5.41, 5.74) is 3.02. The molecule has 1 N–H and O–H groups in total. The van der Waals surface area contributed by atoms with Crippen LogP contribution in [0.3, 0.4) is 0 Å². The lowest BCUT2D eigenvalue weighted by atomic mass is 10.0. The highest BCUT2D eigenvalue weighted by Crippen LogP contribution is 2.27. The van der Waals surface area contributed by atoms with Crippen molar-refractivity contribution in [2.24, 2.45) is 5.92 Å². The lowest BCUT2D eigenvalue weighted by Gasteiger charge is -2.32. The van der Waals surface area contributed by atoms with Gasteiger partial charge in [-0.05, 0) is 30.9 Å². The number of hydrogen-bond acceptors (Lipinski definition) is 5. The standard InChI is InChI=1S/C22H25N5/c1-17-8-7-13-27(16-17)21-14-20(18-9-3-2-4-10-18)25-22(26-21)24-15-19-11-5-6-12-23-19/h2-6,9-12,14,17H,7-8,13,15-16H2,1H3,(H,24,25,26). The number of benzene rings is 1. The Balaban J connectivity index is 1.63. The van der Waals surface area contributed by atoms with Crippen molar-refractivity contribution in [2.45, 2.75) is 26.3 Å². The summed E-state index contributed by atoms with van der Waals surface area (Å²) < 4.78 is 0. The molecule has 1 unspecified atom stereocenters. The number of hydrogen-bond donors (Lipinski definition) is 1. The molecule has 0 radical (unpaired) electrons. The number of nitrogens with one attached hydrogen (secondary N) is 1. The molecule has 138 valence electrons. The first kappa shape index (κ1) is 17.5. The first-order chi connectivity index (χ1) is 13.3. The van der Waals surface area contributed by atoms with Crippen LogP contribution in [0.25, 0.3) is 11.3 Å². The Morgan fingerprint density at radius 3 is 2.70 bits per heavy atom. The molecule has 3 heterocycles. The maximum atomic E-state index is 4.81. The Bertz CT molecular complexity index is 866. The lowest BCUT2D eigenvalue weighted by Crippen LogP contribution is -2.35. The maximum Gasteiger partial charge on any atom is 0.225 e. The molecule has 5 heteroatoms. The fourth-order valence-corrected chi connectivity index (χ4v) is 3.50. The van der Waals surface area contributed by atoms with Gasteiger partial charge in [0.15, 0.2) is 0 Å². The first-order valence-corrected chi connectivity index (χ1v) is 9.61. The van der Waals surface area contributed by atoms with Gasteiger partial charge >= 0.3 is 0 Å². The Morgan fingerprint density at radius 1 is 1.07 bits per heavy atom. The van der Waals surface area contributed by atoms with Crippen LogP contribution in [-0.2, 0) is 6.54 Å². The molecule has 1 aliphatic rings. The van der Waals surface area contributed by atoms with Crippen molar-refractivity contribution in [1.82, 2.24) is 15.0 Å². The highest BCUT2D eigenvalue weighted by atomic mass is 15.2. The van der Waals surface area contributed by atoms with Crippen molar-refractivity contribution in [3.8, 4) is 11.3 Å². The average molecular weight is 359 g/mol. The predicted octanol–water partition coefficient (Wildman–Crippen LogP) is 4.39. The van der Waals surface area contributed by atoms with E-state index in [0.29, 0.717) is 18.4 Å². The molecule has 1 saturated heterocycles. The number of aromatic nitrogens is 3. The Hall–Kier alpha value is -2.95. The molecule has 4 rings (SSSR count). The zero-order valence-electron chi connectivity index (χ0n) is 15.7. The molecule has 2 aromatic heterocycles. The van der Waals surface area contributed by atoms with Crippen molar-refractivity contribution in [3.05, 3.63) is 66.5 Å². The molecule has 1 aliphatic heterocycles. The second-order valence-electron chi connectivity index (χ2n) is 7.17. The van der Waals surface area contributed by atoms with Crippen LogP contribution in [0, 0.1) is 5.92 Å². The van der Waals surface area contributed by atoms with Crippen LogP contribution in [0.5, 0.6) is 0 Å². The maximum absolute atomic E-state index is 4.81. The summed E-state index contributed by atoms with van der Waals surface area (Å²) in [5, 5.41) is 3.35. The van der Waals surface area contributed by atoms with E-state index in [2.05, 4.69) is 40.3 Å². The third-order valence-corrected chi connectivity index (χ3v) is 4.92. The predicted molar refractivity (Wildman–Crippen MR) is 110 cm³/mol. The van der Waals surface area contributed by atoms with Gasteiger partial charge in [-0.25, -0.2) is 4.98 Å². The zero-order chi connectivity index (χ0) is 18.5. The smallest absolute Gasteiger partial charge is 0.225 e. The second kappa shape index (κ2) is 8.16. The topological polar surface area (TPSA) is 53.9 Å². The minimum absolute atomic E-state index is 0.606. The largest absolute Gasteiger partial charge is 0.356 e. The normalized spacial score (nSPS) is 16.9. The van der Waals surface area contributed by atoms with E-state index in [4.69, 9.17) is 9.97 Å². The van der Waals surface area contributed by atoms with Gasteiger partial charge in [0.1, 0.15) is 5.82 Å². The summed E-state index contributed by atoms with van der Waals surface area (Å²) in [7, 11) is 0. The summed E-state index contributed by atoms with van der Waals surface area (Å²) in [4.78, 5) is 16.3. The van der Waals surface area contributed by atoms with E-state index in [1.165, 1.54) is 12.8 Å². The highest BCUT2D eigenvalue weighted by Gasteiger charge is 2.19. The monoisotopic (exact) mass is 359 g/mol. The van der Waals surface area contributed by atoms with Crippen LogP contribution in [-0.4, -0.2) is 28.0 Å². The molecule has 0 amide bonds. The summed E-state index contributed by atoms with van der Waals surface area (Å²) >= 11 is 0. The second-order valence-corrected chi connectivity index (χ2v) is 7.17. The lowest BCUT2D eigenvalue weighted by molar-refractivity contribution is 0.444. The average Bonchev–Trinajstić information content (AvgIpc) is 2.73. The number of nitrogens with zero attached hydrogens (tertiary/aromatic N) is 4.